The molecule has 0 unspecified atom stereocenters. The van der Waals surface area contributed by atoms with Gasteiger partial charge in [0, 0.05) is 4.47 Å². The molecule has 0 spiro atoms. The maximum absolute atomic E-state index is 5.80. The summed E-state index contributed by atoms with van der Waals surface area (Å²) in [4.78, 5) is 0. The van der Waals surface area contributed by atoms with Crippen molar-refractivity contribution >= 4 is 29.2 Å². The second-order valence-electron chi connectivity index (χ2n) is 4.00. The van der Waals surface area contributed by atoms with Crippen molar-refractivity contribution in [3.05, 3.63) is 52.0 Å². The molecule has 2 aromatic carbocycles. The maximum Gasteiger partial charge on any atom is 0.115 e. The summed E-state index contributed by atoms with van der Waals surface area (Å²) < 4.78 is 0.952. The number of benzene rings is 2. The predicted octanol–water partition coefficient (Wildman–Crippen LogP) is 3.53. The molecule has 0 aromatic heterocycles. The Morgan fingerprint density at radius 3 is 2.19 bits per heavy atom. The Balaban J connectivity index is 2.63. The third-order valence-corrected chi connectivity index (χ3v) is 3.46. The van der Waals surface area contributed by atoms with Crippen LogP contribution in [-0.2, 0) is 0 Å². The maximum atomic E-state index is 5.80. The van der Waals surface area contributed by atoms with E-state index in [2.05, 4.69) is 60.1 Å². The molecule has 0 saturated carbocycles. The Kier molecular flexibility index (Phi) is 3.20. The van der Waals surface area contributed by atoms with Crippen molar-refractivity contribution in [2.24, 2.45) is 0 Å². The van der Waals surface area contributed by atoms with E-state index in [4.69, 9.17) is 7.85 Å². The Morgan fingerprint density at radius 1 is 1.00 bits per heavy atom. The van der Waals surface area contributed by atoms with Crippen LogP contribution in [0.4, 0.5) is 0 Å². The van der Waals surface area contributed by atoms with Crippen LogP contribution < -0.4 is 5.46 Å². The average Bonchev–Trinajstić information content (AvgIpc) is 2.23. The fourth-order valence-corrected chi connectivity index (χ4v) is 2.33. The Labute approximate surface area is 106 Å². The molecule has 0 nitrogen and oxygen atoms in total. The highest BCUT2D eigenvalue weighted by atomic mass is 79.9. The van der Waals surface area contributed by atoms with Crippen LogP contribution >= 0.6 is 15.9 Å². The lowest BCUT2D eigenvalue weighted by Crippen LogP contribution is -2.03. The molecule has 0 atom stereocenters. The summed E-state index contributed by atoms with van der Waals surface area (Å²) >= 11 is 3.47. The van der Waals surface area contributed by atoms with Gasteiger partial charge in [-0.1, -0.05) is 51.7 Å². The Hall–Kier alpha value is -1.02. The molecule has 2 aromatic rings. The number of hydrogen-bond donors (Lipinski definition) is 0. The van der Waals surface area contributed by atoms with Gasteiger partial charge < -0.3 is 0 Å². The van der Waals surface area contributed by atoms with E-state index in [1.54, 1.807) is 0 Å². The van der Waals surface area contributed by atoms with Gasteiger partial charge >= 0.3 is 0 Å². The van der Waals surface area contributed by atoms with Crippen LogP contribution in [-0.4, -0.2) is 7.85 Å². The van der Waals surface area contributed by atoms with E-state index in [0.717, 1.165) is 9.94 Å². The standard InChI is InChI=1S/C14H12BBr/c1-9-4-3-5-10(2)14(9)11-6-7-12(15)13(16)8-11/h3-8H,1-2H3. The van der Waals surface area contributed by atoms with Crippen molar-refractivity contribution in [2.45, 2.75) is 13.8 Å². The number of halogens is 1. The second kappa shape index (κ2) is 4.46. The summed E-state index contributed by atoms with van der Waals surface area (Å²) in [6, 6.07) is 12.4. The fourth-order valence-electron chi connectivity index (χ4n) is 1.95. The van der Waals surface area contributed by atoms with Crippen LogP contribution in [0.1, 0.15) is 11.1 Å². The van der Waals surface area contributed by atoms with E-state index in [9.17, 15) is 0 Å². The lowest BCUT2D eigenvalue weighted by molar-refractivity contribution is 1.38. The first kappa shape index (κ1) is 11.5. The molecule has 0 saturated heterocycles. The molecule has 16 heavy (non-hydrogen) atoms. The highest BCUT2D eigenvalue weighted by molar-refractivity contribution is 9.10. The molecule has 0 aliphatic rings. The molecule has 2 heteroatoms. The quantitative estimate of drug-likeness (QED) is 0.696. The number of hydrogen-bond acceptors (Lipinski definition) is 0. The first-order valence-corrected chi connectivity index (χ1v) is 6.00. The van der Waals surface area contributed by atoms with Gasteiger partial charge in [-0.15, -0.1) is 0 Å². The van der Waals surface area contributed by atoms with Crippen LogP contribution in [0.15, 0.2) is 40.9 Å². The number of aryl methyl sites for hydroxylation is 2. The molecule has 0 bridgehead atoms. The number of rotatable bonds is 1. The smallest absolute Gasteiger partial charge is 0.0827 e. The van der Waals surface area contributed by atoms with Crippen LogP contribution in [0, 0.1) is 13.8 Å². The van der Waals surface area contributed by atoms with Gasteiger partial charge in [0.1, 0.15) is 7.85 Å². The zero-order valence-electron chi connectivity index (χ0n) is 9.42. The van der Waals surface area contributed by atoms with Crippen LogP contribution in [0.3, 0.4) is 0 Å². The predicted molar refractivity (Wildman–Crippen MR) is 74.4 cm³/mol. The SMILES string of the molecule is [B]c1ccc(-c2c(C)cccc2C)cc1Br. The second-order valence-corrected chi connectivity index (χ2v) is 4.86. The minimum absolute atomic E-state index is 0.773. The summed E-state index contributed by atoms with van der Waals surface area (Å²) in [5, 5.41) is 0. The third-order valence-electron chi connectivity index (χ3n) is 2.77. The monoisotopic (exact) mass is 270 g/mol. The minimum Gasteiger partial charge on any atom is -0.0827 e. The first-order valence-electron chi connectivity index (χ1n) is 5.21. The van der Waals surface area contributed by atoms with Crippen molar-refractivity contribution in [2.75, 3.05) is 0 Å². The Bertz CT molecular complexity index is 512. The third kappa shape index (κ3) is 2.07. The lowest BCUT2D eigenvalue weighted by atomic mass is 9.91. The van der Waals surface area contributed by atoms with Gasteiger partial charge in [-0.3, -0.25) is 0 Å². The van der Waals surface area contributed by atoms with Gasteiger partial charge in [0.25, 0.3) is 0 Å². The molecule has 0 aliphatic carbocycles. The van der Waals surface area contributed by atoms with E-state index in [0.29, 0.717) is 0 Å². The van der Waals surface area contributed by atoms with Gasteiger partial charge in [-0.25, -0.2) is 0 Å². The van der Waals surface area contributed by atoms with Crippen molar-refractivity contribution in [3.8, 4) is 11.1 Å². The van der Waals surface area contributed by atoms with Gasteiger partial charge in [0.05, 0.1) is 0 Å². The highest BCUT2D eigenvalue weighted by Gasteiger charge is 2.06. The van der Waals surface area contributed by atoms with Crippen molar-refractivity contribution in [1.82, 2.24) is 0 Å². The average molecular weight is 271 g/mol. The van der Waals surface area contributed by atoms with Crippen molar-refractivity contribution < 1.29 is 0 Å². The summed E-state index contributed by atoms with van der Waals surface area (Å²) in [5.74, 6) is 0. The van der Waals surface area contributed by atoms with Crippen LogP contribution in [0.5, 0.6) is 0 Å². The van der Waals surface area contributed by atoms with Gasteiger partial charge in [-0.05, 0) is 42.2 Å². The van der Waals surface area contributed by atoms with E-state index >= 15 is 0 Å². The molecule has 2 rings (SSSR count). The fraction of sp³-hybridized carbons (Fsp3) is 0.143. The van der Waals surface area contributed by atoms with Crippen molar-refractivity contribution in [1.29, 1.82) is 0 Å². The summed E-state index contributed by atoms with van der Waals surface area (Å²) in [7, 11) is 5.80. The van der Waals surface area contributed by atoms with Gasteiger partial charge in [0.15, 0.2) is 0 Å². The summed E-state index contributed by atoms with van der Waals surface area (Å²) in [6.07, 6.45) is 0. The molecule has 78 valence electrons. The zero-order valence-corrected chi connectivity index (χ0v) is 11.0. The first-order chi connectivity index (χ1) is 7.59. The largest absolute Gasteiger partial charge is 0.115 e. The molecule has 0 amide bonds. The molecular weight excluding hydrogens is 259 g/mol. The molecule has 0 aliphatic heterocycles. The molecular formula is C14H12BBr. The van der Waals surface area contributed by atoms with Crippen LogP contribution in [0.25, 0.3) is 11.1 Å². The van der Waals surface area contributed by atoms with E-state index in [1.807, 2.05) is 6.07 Å². The van der Waals surface area contributed by atoms with Gasteiger partial charge in [-0.2, -0.15) is 0 Å². The van der Waals surface area contributed by atoms with Crippen molar-refractivity contribution in [3.63, 3.8) is 0 Å². The molecule has 0 heterocycles. The summed E-state index contributed by atoms with van der Waals surface area (Å²) in [5.41, 5.74) is 5.85. The molecule has 2 radical (unpaired) electrons. The van der Waals surface area contributed by atoms with Gasteiger partial charge in [0.2, 0.25) is 0 Å². The van der Waals surface area contributed by atoms with E-state index < -0.39 is 0 Å². The van der Waals surface area contributed by atoms with E-state index in [1.165, 1.54) is 22.3 Å². The summed E-state index contributed by atoms with van der Waals surface area (Å²) in [6.45, 7) is 4.26. The van der Waals surface area contributed by atoms with Crippen LogP contribution in [0.2, 0.25) is 0 Å². The normalized spacial score (nSPS) is 10.4. The lowest BCUT2D eigenvalue weighted by Gasteiger charge is -2.11. The van der Waals surface area contributed by atoms with E-state index in [-0.39, 0.29) is 0 Å². The zero-order chi connectivity index (χ0) is 11.7. The topological polar surface area (TPSA) is 0 Å². The molecule has 0 fully saturated rings. The Morgan fingerprint density at radius 2 is 1.62 bits per heavy atom. The molecule has 0 N–H and O–H groups in total. The minimum atomic E-state index is 0.773. The highest BCUT2D eigenvalue weighted by Crippen LogP contribution is 2.28.